The molecule has 0 radical (unpaired) electrons. The van der Waals surface area contributed by atoms with E-state index >= 15 is 0 Å². The fourth-order valence-corrected chi connectivity index (χ4v) is 5.00. The van der Waals surface area contributed by atoms with Crippen molar-refractivity contribution in [3.05, 3.63) is 16.0 Å². The molecule has 1 saturated carbocycles. The number of carboxylic acids is 1. The van der Waals surface area contributed by atoms with Crippen LogP contribution in [-0.4, -0.2) is 22.9 Å². The zero-order chi connectivity index (χ0) is 16.6. The molecule has 0 aromatic carbocycles. The van der Waals surface area contributed by atoms with Gasteiger partial charge in [-0.2, -0.15) is 0 Å². The number of aryl methyl sites for hydroxylation is 1. The van der Waals surface area contributed by atoms with Crippen molar-refractivity contribution >= 4 is 34.1 Å². The normalized spacial score (nSPS) is 23.3. The summed E-state index contributed by atoms with van der Waals surface area (Å²) in [5.74, 6) is -2.95. The highest BCUT2D eigenvalue weighted by molar-refractivity contribution is 7.17. The van der Waals surface area contributed by atoms with E-state index in [-0.39, 0.29) is 5.91 Å². The summed E-state index contributed by atoms with van der Waals surface area (Å²) in [7, 11) is 0. The van der Waals surface area contributed by atoms with Crippen molar-refractivity contribution < 1.29 is 19.5 Å². The van der Waals surface area contributed by atoms with E-state index in [1.165, 1.54) is 11.3 Å². The molecule has 1 aromatic rings. The number of hydrogen-bond donors (Lipinski definition) is 3. The average Bonchev–Trinajstić information content (AvgIpc) is 3.06. The first kappa shape index (κ1) is 16.0. The number of primary amides is 1. The Hall–Kier alpha value is -1.89. The Labute approximate surface area is 138 Å². The van der Waals surface area contributed by atoms with Crippen molar-refractivity contribution in [2.45, 2.75) is 44.9 Å². The van der Waals surface area contributed by atoms with Crippen molar-refractivity contribution in [1.82, 2.24) is 0 Å². The van der Waals surface area contributed by atoms with Gasteiger partial charge < -0.3 is 16.2 Å². The lowest BCUT2D eigenvalue weighted by Crippen LogP contribution is -2.36. The maximum Gasteiger partial charge on any atom is 0.307 e. The quantitative estimate of drug-likeness (QED) is 0.782. The smallest absolute Gasteiger partial charge is 0.307 e. The molecule has 0 saturated heterocycles. The number of anilines is 1. The largest absolute Gasteiger partial charge is 0.481 e. The van der Waals surface area contributed by atoms with Crippen LogP contribution in [0.15, 0.2) is 0 Å². The van der Waals surface area contributed by atoms with Gasteiger partial charge in [-0.1, -0.05) is 12.8 Å². The van der Waals surface area contributed by atoms with E-state index in [0.29, 0.717) is 23.4 Å². The van der Waals surface area contributed by atoms with Crippen LogP contribution in [0.4, 0.5) is 5.00 Å². The minimum absolute atomic E-state index is 0.306. The monoisotopic (exact) mass is 336 g/mol. The van der Waals surface area contributed by atoms with Gasteiger partial charge in [-0.3, -0.25) is 14.4 Å². The van der Waals surface area contributed by atoms with Gasteiger partial charge in [0, 0.05) is 4.88 Å². The van der Waals surface area contributed by atoms with Crippen LogP contribution in [0.2, 0.25) is 0 Å². The number of rotatable bonds is 4. The summed E-state index contributed by atoms with van der Waals surface area (Å²) in [6, 6.07) is 0. The maximum atomic E-state index is 12.6. The van der Waals surface area contributed by atoms with Crippen LogP contribution in [0.5, 0.6) is 0 Å². The van der Waals surface area contributed by atoms with Gasteiger partial charge in [0.2, 0.25) is 5.91 Å². The van der Waals surface area contributed by atoms with E-state index in [4.69, 9.17) is 5.73 Å². The van der Waals surface area contributed by atoms with E-state index in [9.17, 15) is 19.5 Å². The second-order valence-corrected chi connectivity index (χ2v) is 7.36. The third kappa shape index (κ3) is 2.97. The number of thiophene rings is 1. The molecule has 7 heteroatoms. The molecular weight excluding hydrogens is 316 g/mol. The summed E-state index contributed by atoms with van der Waals surface area (Å²) >= 11 is 1.40. The zero-order valence-corrected chi connectivity index (χ0v) is 13.6. The third-order valence-electron chi connectivity index (χ3n) is 4.82. The highest BCUT2D eigenvalue weighted by atomic mass is 32.1. The number of carbonyl (C=O) groups excluding carboxylic acids is 2. The molecule has 3 rings (SSSR count). The molecule has 4 N–H and O–H groups in total. The Morgan fingerprint density at radius 3 is 2.43 bits per heavy atom. The van der Waals surface area contributed by atoms with Crippen molar-refractivity contribution in [1.29, 1.82) is 0 Å². The Balaban J connectivity index is 1.83. The number of carbonyl (C=O) groups is 3. The fraction of sp³-hybridized carbons (Fsp3) is 0.562. The summed E-state index contributed by atoms with van der Waals surface area (Å²) < 4.78 is 0. The molecule has 2 amide bonds. The van der Waals surface area contributed by atoms with Gasteiger partial charge >= 0.3 is 5.97 Å². The van der Waals surface area contributed by atoms with Crippen LogP contribution in [0.3, 0.4) is 0 Å². The van der Waals surface area contributed by atoms with Gasteiger partial charge in [-0.25, -0.2) is 0 Å². The molecule has 0 spiro atoms. The molecule has 2 aliphatic rings. The molecule has 2 aliphatic carbocycles. The van der Waals surface area contributed by atoms with Gasteiger partial charge in [0.1, 0.15) is 5.00 Å². The summed E-state index contributed by atoms with van der Waals surface area (Å²) in [5.41, 5.74) is 6.85. The Morgan fingerprint density at radius 2 is 1.78 bits per heavy atom. The van der Waals surface area contributed by atoms with Crippen LogP contribution >= 0.6 is 11.3 Å². The fourth-order valence-electron chi connectivity index (χ4n) is 3.70. The minimum atomic E-state index is -0.923. The molecule has 0 aliphatic heterocycles. The molecule has 1 fully saturated rings. The van der Waals surface area contributed by atoms with Gasteiger partial charge in [0.25, 0.3) is 5.91 Å². The zero-order valence-electron chi connectivity index (χ0n) is 12.8. The molecule has 6 nitrogen and oxygen atoms in total. The second kappa shape index (κ2) is 6.31. The molecule has 1 aromatic heterocycles. The van der Waals surface area contributed by atoms with Crippen molar-refractivity contribution in [2.75, 3.05) is 5.32 Å². The lowest BCUT2D eigenvalue weighted by Gasteiger charge is -2.27. The topological polar surface area (TPSA) is 109 Å². The first-order valence-electron chi connectivity index (χ1n) is 7.97. The summed E-state index contributed by atoms with van der Waals surface area (Å²) in [6.45, 7) is 0. The SMILES string of the molecule is NC(=O)c1c(NC(=O)[C@H]2CCCC[C@H]2C(=O)O)sc2c1CCC2. The van der Waals surface area contributed by atoms with Crippen LogP contribution in [0.1, 0.15) is 52.9 Å². The maximum absolute atomic E-state index is 12.6. The molecular formula is C16H20N2O4S. The molecule has 1 heterocycles. The van der Waals surface area contributed by atoms with E-state index in [1.807, 2.05) is 0 Å². The predicted octanol–water partition coefficient (Wildman–Crippen LogP) is 2.17. The Bertz CT molecular complexity index is 667. The lowest BCUT2D eigenvalue weighted by molar-refractivity contribution is -0.147. The molecule has 0 unspecified atom stereocenters. The van der Waals surface area contributed by atoms with Gasteiger partial charge in [0.15, 0.2) is 0 Å². The van der Waals surface area contributed by atoms with E-state index in [1.54, 1.807) is 0 Å². The number of amides is 2. The number of fused-ring (bicyclic) bond motifs is 1. The molecule has 23 heavy (non-hydrogen) atoms. The van der Waals surface area contributed by atoms with Crippen LogP contribution < -0.4 is 11.1 Å². The van der Waals surface area contributed by atoms with Crippen molar-refractivity contribution in [2.24, 2.45) is 17.6 Å². The van der Waals surface area contributed by atoms with Crippen molar-refractivity contribution in [3.63, 3.8) is 0 Å². The summed E-state index contributed by atoms with van der Waals surface area (Å²) in [4.78, 5) is 36.8. The first-order valence-corrected chi connectivity index (χ1v) is 8.78. The van der Waals surface area contributed by atoms with Crippen LogP contribution in [0.25, 0.3) is 0 Å². The first-order chi connectivity index (χ1) is 11.0. The van der Waals surface area contributed by atoms with Gasteiger partial charge in [-0.15, -0.1) is 11.3 Å². The molecule has 124 valence electrons. The van der Waals surface area contributed by atoms with Crippen molar-refractivity contribution in [3.8, 4) is 0 Å². The van der Waals surface area contributed by atoms with Crippen LogP contribution in [0, 0.1) is 11.8 Å². The number of carboxylic acid groups (broad SMARTS) is 1. The number of hydrogen-bond acceptors (Lipinski definition) is 4. The standard InChI is InChI=1S/C16H20N2O4S/c17-13(19)12-10-6-3-7-11(10)23-15(12)18-14(20)8-4-1-2-5-9(8)16(21)22/h8-9H,1-7H2,(H2,17,19)(H,18,20)(H,21,22)/t8-,9+/m0/s1. The van der Waals surface area contributed by atoms with E-state index in [2.05, 4.69) is 5.32 Å². The number of nitrogens with one attached hydrogen (secondary N) is 1. The van der Waals surface area contributed by atoms with Gasteiger partial charge in [-0.05, 0) is 37.7 Å². The minimum Gasteiger partial charge on any atom is -0.481 e. The summed E-state index contributed by atoms with van der Waals surface area (Å²) in [5, 5.41) is 12.6. The van der Waals surface area contributed by atoms with E-state index in [0.717, 1.165) is 42.5 Å². The summed E-state index contributed by atoms with van der Waals surface area (Å²) in [6.07, 6.45) is 5.49. The number of aliphatic carboxylic acids is 1. The Kier molecular flexibility index (Phi) is 4.39. The molecule has 0 bridgehead atoms. The van der Waals surface area contributed by atoms with Crippen LogP contribution in [-0.2, 0) is 22.4 Å². The van der Waals surface area contributed by atoms with Gasteiger partial charge in [0.05, 0.1) is 17.4 Å². The lowest BCUT2D eigenvalue weighted by atomic mass is 9.79. The molecule has 2 atom stereocenters. The third-order valence-corrected chi connectivity index (χ3v) is 6.03. The average molecular weight is 336 g/mol. The Morgan fingerprint density at radius 1 is 1.09 bits per heavy atom. The highest BCUT2D eigenvalue weighted by Crippen LogP contribution is 2.40. The predicted molar refractivity (Wildman–Crippen MR) is 86.6 cm³/mol. The number of nitrogens with two attached hydrogens (primary N) is 1. The second-order valence-electron chi connectivity index (χ2n) is 6.25. The highest BCUT2D eigenvalue weighted by Gasteiger charge is 2.36. The van der Waals surface area contributed by atoms with E-state index < -0.39 is 23.7 Å².